The minimum atomic E-state index is 0.268. The Morgan fingerprint density at radius 1 is 1.58 bits per heavy atom. The van der Waals surface area contributed by atoms with Gasteiger partial charge in [0.1, 0.15) is 0 Å². The van der Waals surface area contributed by atoms with Crippen LogP contribution in [0.3, 0.4) is 0 Å². The Bertz CT molecular complexity index is 478. The molecule has 0 radical (unpaired) electrons. The number of aromatic nitrogens is 2. The van der Waals surface area contributed by atoms with E-state index in [2.05, 4.69) is 5.10 Å². The summed E-state index contributed by atoms with van der Waals surface area (Å²) in [6.45, 7) is 0. The number of fused-ring (bicyclic) bond motifs is 1. The second-order valence-electron chi connectivity index (χ2n) is 2.47. The molecule has 0 bridgehead atoms. The van der Waals surface area contributed by atoms with Gasteiger partial charge in [0.2, 0.25) is 0 Å². The smallest absolute Gasteiger partial charge is 0.160 e. The van der Waals surface area contributed by atoms with E-state index in [-0.39, 0.29) is 6.04 Å². The molecule has 0 aliphatic heterocycles. The molecule has 0 saturated carbocycles. The molecule has 1 aromatic carbocycles. The van der Waals surface area contributed by atoms with E-state index in [9.17, 15) is 0 Å². The van der Waals surface area contributed by atoms with Crippen LogP contribution in [-0.4, -0.2) is 9.78 Å². The van der Waals surface area contributed by atoms with Crippen molar-refractivity contribution in [1.82, 2.24) is 9.78 Å². The lowest BCUT2D eigenvalue weighted by atomic mass is 10.2. The van der Waals surface area contributed by atoms with Crippen molar-refractivity contribution in [2.75, 3.05) is 0 Å². The highest BCUT2D eigenvalue weighted by molar-refractivity contribution is 6.41. The van der Waals surface area contributed by atoms with Crippen LogP contribution in [0.1, 0.15) is 1.37 Å². The number of hydrogen-bond donors (Lipinski definition) is 0. The number of benzene rings is 1. The lowest BCUT2D eigenvalue weighted by Crippen LogP contribution is -1.87. The van der Waals surface area contributed by atoms with E-state index < -0.39 is 0 Å². The van der Waals surface area contributed by atoms with Crippen LogP contribution in [0.25, 0.3) is 10.9 Å². The molecule has 2 aromatic rings. The summed E-state index contributed by atoms with van der Waals surface area (Å²) in [6, 6.07) is 3.68. The summed E-state index contributed by atoms with van der Waals surface area (Å²) >= 11 is 11.8. The summed E-state index contributed by atoms with van der Waals surface area (Å²) in [6.07, 6.45) is 0. The average Bonchev–Trinajstić information content (AvgIpc) is 2.35. The first kappa shape index (κ1) is 6.75. The van der Waals surface area contributed by atoms with E-state index in [0.29, 0.717) is 15.6 Å². The quantitative estimate of drug-likeness (QED) is 0.642. The van der Waals surface area contributed by atoms with E-state index >= 15 is 0 Å². The summed E-state index contributed by atoms with van der Waals surface area (Å²) in [5.41, 5.74) is 0.839. The van der Waals surface area contributed by atoms with Gasteiger partial charge in [0.25, 0.3) is 0 Å². The van der Waals surface area contributed by atoms with Crippen molar-refractivity contribution in [3.8, 4) is 0 Å². The summed E-state index contributed by atoms with van der Waals surface area (Å²) in [5.74, 6) is 0. The maximum Gasteiger partial charge on any atom is 0.160 e. The van der Waals surface area contributed by atoms with Gasteiger partial charge in [-0.15, -0.1) is 0 Å². The zero-order valence-corrected chi connectivity index (χ0v) is 7.82. The van der Waals surface area contributed by atoms with Crippen molar-refractivity contribution in [2.45, 2.75) is 0 Å². The highest BCUT2D eigenvalue weighted by atomic mass is 35.5. The molecule has 12 heavy (non-hydrogen) atoms. The molecule has 0 unspecified atom stereocenters. The molecule has 1 heterocycles. The van der Waals surface area contributed by atoms with Gasteiger partial charge in [-0.25, -0.2) is 0 Å². The third-order valence-electron chi connectivity index (χ3n) is 1.72. The van der Waals surface area contributed by atoms with Crippen LogP contribution < -0.4 is 0 Å². The Hall–Kier alpha value is -0.730. The zero-order chi connectivity index (χ0) is 9.59. The monoisotopic (exact) mass is 201 g/mol. The average molecular weight is 202 g/mol. The molecular formula is C8H6Cl2N2. The van der Waals surface area contributed by atoms with E-state index in [4.69, 9.17) is 24.6 Å². The van der Waals surface area contributed by atoms with Crippen molar-refractivity contribution < 1.29 is 1.37 Å². The van der Waals surface area contributed by atoms with Crippen LogP contribution in [-0.2, 0) is 7.05 Å². The lowest BCUT2D eigenvalue weighted by molar-refractivity contribution is 0.797. The first-order valence-electron chi connectivity index (χ1n) is 3.88. The fourth-order valence-electron chi connectivity index (χ4n) is 1.16. The first-order chi connectivity index (χ1) is 6.11. The molecule has 0 amide bonds. The largest absolute Gasteiger partial charge is 0.266 e. The number of aryl methyl sites for hydroxylation is 1. The second-order valence-corrected chi connectivity index (χ2v) is 3.20. The van der Waals surface area contributed by atoms with Gasteiger partial charge in [0, 0.05) is 7.05 Å². The predicted octanol–water partition coefficient (Wildman–Crippen LogP) is 2.88. The summed E-state index contributed by atoms with van der Waals surface area (Å²) in [5, 5.41) is 5.36. The standard InChI is InChI=1S/C8H6Cl2N2/c1-12-6-4-2-3-5(9)7(6)8(10)11-12/h2-4H,1H3/i3D. The third-order valence-corrected chi connectivity index (χ3v) is 2.28. The van der Waals surface area contributed by atoms with Gasteiger partial charge in [-0.05, 0) is 12.1 Å². The molecule has 62 valence electrons. The molecule has 0 N–H and O–H groups in total. The van der Waals surface area contributed by atoms with Gasteiger partial charge in [-0.2, -0.15) is 5.10 Å². The van der Waals surface area contributed by atoms with Crippen molar-refractivity contribution in [3.63, 3.8) is 0 Å². The fraction of sp³-hybridized carbons (Fsp3) is 0.125. The maximum absolute atomic E-state index is 7.48. The number of rotatable bonds is 0. The molecule has 0 atom stereocenters. The van der Waals surface area contributed by atoms with E-state index in [0.717, 1.165) is 5.52 Å². The van der Waals surface area contributed by atoms with Crippen molar-refractivity contribution in [3.05, 3.63) is 28.4 Å². The first-order valence-corrected chi connectivity index (χ1v) is 4.14. The second kappa shape index (κ2) is 2.64. The van der Waals surface area contributed by atoms with E-state index in [1.54, 1.807) is 23.9 Å². The highest BCUT2D eigenvalue weighted by Gasteiger charge is 2.08. The molecule has 2 rings (SSSR count). The Morgan fingerprint density at radius 3 is 3.08 bits per heavy atom. The molecule has 0 fully saturated rings. The molecule has 0 aliphatic carbocycles. The van der Waals surface area contributed by atoms with Crippen molar-refractivity contribution in [1.29, 1.82) is 0 Å². The van der Waals surface area contributed by atoms with Crippen LogP contribution in [0.4, 0.5) is 0 Å². The number of hydrogen-bond acceptors (Lipinski definition) is 1. The molecule has 0 spiro atoms. The van der Waals surface area contributed by atoms with E-state index in [1.807, 2.05) is 0 Å². The fourth-order valence-corrected chi connectivity index (χ4v) is 1.77. The van der Waals surface area contributed by atoms with Gasteiger partial charge < -0.3 is 0 Å². The van der Waals surface area contributed by atoms with E-state index in [1.165, 1.54) is 0 Å². The van der Waals surface area contributed by atoms with Gasteiger partial charge in [-0.1, -0.05) is 29.3 Å². The highest BCUT2D eigenvalue weighted by Crippen LogP contribution is 2.28. The van der Waals surface area contributed by atoms with Crippen LogP contribution >= 0.6 is 23.2 Å². The zero-order valence-electron chi connectivity index (χ0n) is 7.31. The predicted molar refractivity (Wildman–Crippen MR) is 50.7 cm³/mol. The number of halogens is 2. The minimum Gasteiger partial charge on any atom is -0.266 e. The molecule has 0 saturated heterocycles. The van der Waals surface area contributed by atoms with Crippen LogP contribution in [0.15, 0.2) is 18.2 Å². The molecular weight excluding hydrogens is 195 g/mol. The Balaban J connectivity index is 2.98. The molecule has 0 aliphatic rings. The maximum atomic E-state index is 7.48. The lowest BCUT2D eigenvalue weighted by Gasteiger charge is -1.93. The summed E-state index contributed by atoms with van der Waals surface area (Å²) in [4.78, 5) is 0. The van der Waals surface area contributed by atoms with Gasteiger partial charge in [0.05, 0.1) is 17.3 Å². The SMILES string of the molecule is [2H]c1ccc2c(c(Cl)nn2C)c1Cl. The summed E-state index contributed by atoms with van der Waals surface area (Å²) < 4.78 is 9.12. The minimum absolute atomic E-state index is 0.268. The molecule has 4 heteroatoms. The van der Waals surface area contributed by atoms with Crippen molar-refractivity contribution in [2.24, 2.45) is 7.05 Å². The third kappa shape index (κ3) is 0.993. The normalized spacial score (nSPS) is 12.1. The molecule has 2 nitrogen and oxygen atoms in total. The Labute approximate surface area is 81.1 Å². The summed E-state index contributed by atoms with van der Waals surface area (Å²) in [7, 11) is 1.79. The number of nitrogens with zero attached hydrogens (tertiary/aromatic N) is 2. The van der Waals surface area contributed by atoms with Gasteiger partial charge in [-0.3, -0.25) is 4.68 Å². The van der Waals surface area contributed by atoms with Gasteiger partial charge >= 0.3 is 0 Å². The molecule has 1 aromatic heterocycles. The Kier molecular flexibility index (Phi) is 1.49. The topological polar surface area (TPSA) is 17.8 Å². The van der Waals surface area contributed by atoms with Crippen LogP contribution in [0.2, 0.25) is 10.2 Å². The van der Waals surface area contributed by atoms with Crippen molar-refractivity contribution >= 4 is 34.1 Å². The Morgan fingerprint density at radius 2 is 2.33 bits per heavy atom. The van der Waals surface area contributed by atoms with Crippen LogP contribution in [0, 0.1) is 0 Å². The van der Waals surface area contributed by atoms with Crippen LogP contribution in [0.5, 0.6) is 0 Å². The van der Waals surface area contributed by atoms with Gasteiger partial charge in [0.15, 0.2) is 5.15 Å².